The molecule has 0 spiro atoms. The molecule has 4 nitrogen and oxygen atoms in total. The minimum Gasteiger partial charge on any atom is -0.506 e. The maximum absolute atomic E-state index is 11.2. The average molecular weight is 238 g/mol. The molecule has 0 aliphatic carbocycles. The molecule has 0 bridgehead atoms. The van der Waals surface area contributed by atoms with Crippen LogP contribution in [0.15, 0.2) is 18.2 Å². The predicted molar refractivity (Wildman–Crippen MR) is 59.1 cm³/mol. The Morgan fingerprint density at radius 1 is 1.62 bits per heavy atom. The number of ether oxygens (including phenoxy) is 1. The smallest absolute Gasteiger partial charge is 0.339 e. The van der Waals surface area contributed by atoms with Crippen LogP contribution >= 0.6 is 11.6 Å². The van der Waals surface area contributed by atoms with Crippen LogP contribution in [-0.4, -0.2) is 18.2 Å². The van der Waals surface area contributed by atoms with Crippen molar-refractivity contribution >= 4 is 23.6 Å². The van der Waals surface area contributed by atoms with E-state index in [0.29, 0.717) is 5.56 Å². The van der Waals surface area contributed by atoms with Crippen molar-refractivity contribution in [3.05, 3.63) is 34.4 Å². The number of halogens is 1. The summed E-state index contributed by atoms with van der Waals surface area (Å²) in [4.78, 5) is 11.2. The zero-order chi connectivity index (χ0) is 12.1. The molecule has 0 aliphatic rings. The van der Waals surface area contributed by atoms with Crippen molar-refractivity contribution in [2.45, 2.75) is 0 Å². The largest absolute Gasteiger partial charge is 0.506 e. The molecule has 0 atom stereocenters. The summed E-state index contributed by atoms with van der Waals surface area (Å²) >= 11 is 5.78. The Morgan fingerprint density at radius 2 is 2.31 bits per heavy atom. The zero-order valence-corrected chi connectivity index (χ0v) is 9.15. The molecule has 1 rings (SSSR count). The van der Waals surface area contributed by atoms with Crippen molar-refractivity contribution < 1.29 is 14.6 Å². The maximum Gasteiger partial charge on any atom is 0.339 e. The summed E-state index contributed by atoms with van der Waals surface area (Å²) in [6, 6.07) is 4.68. The molecule has 0 saturated carbocycles. The first kappa shape index (κ1) is 12.1. The number of methoxy groups -OCH3 is 1. The van der Waals surface area contributed by atoms with Crippen molar-refractivity contribution in [1.82, 2.24) is 0 Å². The van der Waals surface area contributed by atoms with Gasteiger partial charge in [0.05, 0.1) is 23.8 Å². The van der Waals surface area contributed by atoms with E-state index in [0.717, 1.165) is 0 Å². The number of nitriles is 1. The number of hydrogen-bond acceptors (Lipinski definition) is 4. The Kier molecular flexibility index (Phi) is 3.92. The fraction of sp³-hybridized carbons (Fsp3) is 0.0909. The van der Waals surface area contributed by atoms with Crippen LogP contribution in [-0.2, 0) is 4.74 Å². The highest BCUT2D eigenvalue weighted by Gasteiger charge is 2.15. The first-order valence-corrected chi connectivity index (χ1v) is 4.65. The molecule has 0 aromatic heterocycles. The fourth-order valence-electron chi connectivity index (χ4n) is 1.11. The van der Waals surface area contributed by atoms with Crippen LogP contribution in [0.2, 0.25) is 5.02 Å². The van der Waals surface area contributed by atoms with Gasteiger partial charge in [-0.2, -0.15) is 5.26 Å². The summed E-state index contributed by atoms with van der Waals surface area (Å²) in [6.45, 7) is 0. The molecule has 0 aliphatic heterocycles. The number of aromatic hydroxyl groups is 1. The van der Waals surface area contributed by atoms with Gasteiger partial charge < -0.3 is 9.84 Å². The Labute approximate surface area is 97.3 Å². The Balaban J connectivity index is 3.24. The van der Waals surface area contributed by atoms with Crippen LogP contribution < -0.4 is 0 Å². The molecule has 0 saturated heterocycles. The Hall–Kier alpha value is -1.99. The van der Waals surface area contributed by atoms with Crippen molar-refractivity contribution in [3.8, 4) is 11.8 Å². The van der Waals surface area contributed by atoms with Crippen molar-refractivity contribution in [3.63, 3.8) is 0 Å². The first-order valence-electron chi connectivity index (χ1n) is 4.27. The Morgan fingerprint density at radius 3 is 2.88 bits per heavy atom. The summed E-state index contributed by atoms with van der Waals surface area (Å²) < 4.78 is 4.49. The van der Waals surface area contributed by atoms with E-state index >= 15 is 0 Å². The third kappa shape index (κ3) is 2.33. The van der Waals surface area contributed by atoms with Crippen molar-refractivity contribution in [2.24, 2.45) is 0 Å². The topological polar surface area (TPSA) is 70.3 Å². The van der Waals surface area contributed by atoms with Crippen LogP contribution in [0, 0.1) is 11.3 Å². The lowest BCUT2D eigenvalue weighted by Crippen LogP contribution is -2.02. The van der Waals surface area contributed by atoms with Crippen molar-refractivity contribution in [1.29, 1.82) is 5.26 Å². The molecule has 1 N–H and O–H groups in total. The average Bonchev–Trinajstić information content (AvgIpc) is 2.30. The van der Waals surface area contributed by atoms with E-state index in [1.54, 1.807) is 6.07 Å². The van der Waals surface area contributed by atoms with E-state index in [1.807, 2.05) is 0 Å². The second-order valence-electron chi connectivity index (χ2n) is 2.82. The van der Waals surface area contributed by atoms with E-state index in [1.165, 1.54) is 31.4 Å². The van der Waals surface area contributed by atoms with Gasteiger partial charge in [-0.1, -0.05) is 17.7 Å². The van der Waals surface area contributed by atoms with Gasteiger partial charge in [0, 0.05) is 11.6 Å². The number of phenols is 1. The van der Waals surface area contributed by atoms with Gasteiger partial charge in [0.25, 0.3) is 0 Å². The minimum absolute atomic E-state index is 0.0794. The van der Waals surface area contributed by atoms with Gasteiger partial charge in [0.1, 0.15) is 5.75 Å². The zero-order valence-electron chi connectivity index (χ0n) is 8.40. The van der Waals surface area contributed by atoms with E-state index in [4.69, 9.17) is 16.9 Å². The van der Waals surface area contributed by atoms with Crippen LogP contribution in [0.3, 0.4) is 0 Å². The molecule has 1 aromatic carbocycles. The highest BCUT2D eigenvalue weighted by Crippen LogP contribution is 2.32. The molecular formula is C11H8ClNO3. The van der Waals surface area contributed by atoms with Gasteiger partial charge in [0.2, 0.25) is 0 Å². The first-order chi connectivity index (χ1) is 7.61. The summed E-state index contributed by atoms with van der Waals surface area (Å²) in [5, 5.41) is 17.9. The minimum atomic E-state index is -0.629. The number of hydrogen-bond donors (Lipinski definition) is 1. The molecule has 16 heavy (non-hydrogen) atoms. The SMILES string of the molecule is COC(=O)c1ccc(/C=C/C#N)c(O)c1Cl. The molecule has 0 amide bonds. The van der Waals surface area contributed by atoms with Crippen LogP contribution in [0.1, 0.15) is 15.9 Å². The molecular weight excluding hydrogens is 230 g/mol. The number of allylic oxidation sites excluding steroid dienone is 1. The summed E-state index contributed by atoms with van der Waals surface area (Å²) in [5.41, 5.74) is 0.440. The number of carbonyl (C=O) groups excluding carboxylic acids is 1. The van der Waals surface area contributed by atoms with E-state index in [2.05, 4.69) is 4.74 Å². The number of benzene rings is 1. The van der Waals surface area contributed by atoms with Crippen molar-refractivity contribution in [2.75, 3.05) is 7.11 Å². The third-order valence-electron chi connectivity index (χ3n) is 1.89. The third-order valence-corrected chi connectivity index (χ3v) is 2.27. The van der Waals surface area contributed by atoms with Gasteiger partial charge in [-0.3, -0.25) is 0 Å². The van der Waals surface area contributed by atoms with Crippen LogP contribution in [0.5, 0.6) is 5.75 Å². The van der Waals surface area contributed by atoms with E-state index < -0.39 is 5.97 Å². The number of carbonyl (C=O) groups is 1. The fourth-order valence-corrected chi connectivity index (χ4v) is 1.36. The van der Waals surface area contributed by atoms with Gasteiger partial charge in [0.15, 0.2) is 0 Å². The monoisotopic (exact) mass is 237 g/mol. The quantitative estimate of drug-likeness (QED) is 0.633. The summed E-state index contributed by atoms with van der Waals surface area (Å²) in [5.74, 6) is -0.882. The van der Waals surface area contributed by atoms with Crippen LogP contribution in [0.4, 0.5) is 0 Å². The number of phenolic OH excluding ortho intramolecular Hbond substituents is 1. The second kappa shape index (κ2) is 5.19. The summed E-state index contributed by atoms with van der Waals surface area (Å²) in [7, 11) is 1.22. The molecule has 5 heteroatoms. The predicted octanol–water partition coefficient (Wildman–Crippen LogP) is 2.37. The molecule has 0 unspecified atom stereocenters. The van der Waals surface area contributed by atoms with Gasteiger partial charge in [-0.25, -0.2) is 4.79 Å². The highest BCUT2D eigenvalue weighted by atomic mass is 35.5. The van der Waals surface area contributed by atoms with Gasteiger partial charge in [-0.15, -0.1) is 0 Å². The number of rotatable bonds is 2. The standard InChI is InChI=1S/C11H8ClNO3/c1-16-11(15)8-5-4-7(3-2-6-13)10(14)9(8)12/h2-5,14H,1H3/b3-2+. The maximum atomic E-state index is 11.2. The highest BCUT2D eigenvalue weighted by molar-refractivity contribution is 6.35. The molecule has 0 fully saturated rings. The lowest BCUT2D eigenvalue weighted by atomic mass is 10.1. The number of nitrogens with zero attached hydrogens (tertiary/aromatic N) is 1. The lowest BCUT2D eigenvalue weighted by Gasteiger charge is -2.06. The van der Waals surface area contributed by atoms with Crippen LogP contribution in [0.25, 0.3) is 6.08 Å². The summed E-state index contributed by atoms with van der Waals surface area (Å²) in [6.07, 6.45) is 2.59. The van der Waals surface area contributed by atoms with E-state index in [9.17, 15) is 9.90 Å². The molecule has 1 aromatic rings. The van der Waals surface area contributed by atoms with E-state index in [-0.39, 0.29) is 16.3 Å². The molecule has 0 radical (unpaired) electrons. The molecule has 82 valence electrons. The van der Waals surface area contributed by atoms with Gasteiger partial charge >= 0.3 is 5.97 Å². The Bertz CT molecular complexity index is 489. The normalized spacial score (nSPS) is 10.1. The second-order valence-corrected chi connectivity index (χ2v) is 3.20. The lowest BCUT2D eigenvalue weighted by molar-refractivity contribution is 0.0600. The van der Waals surface area contributed by atoms with Gasteiger partial charge in [-0.05, 0) is 12.1 Å². The molecule has 0 heterocycles. The number of esters is 1.